The number of aromatic nitrogens is 8. The van der Waals surface area contributed by atoms with Crippen LogP contribution in [0.2, 0.25) is 0 Å². The molecule has 0 N–H and O–H groups in total. The fraction of sp³-hybridized carbons (Fsp3) is 0.0526. The molecule has 4 aromatic heterocycles. The van der Waals surface area contributed by atoms with Gasteiger partial charge in [-0.2, -0.15) is 0 Å². The molecule has 0 radical (unpaired) electrons. The van der Waals surface area contributed by atoms with Crippen LogP contribution < -0.4 is 19.6 Å². The van der Waals surface area contributed by atoms with Gasteiger partial charge in [-0.1, -0.05) is 97.1 Å². The maximum Gasteiger partial charge on any atom is 0.116 e. The van der Waals surface area contributed by atoms with E-state index in [9.17, 15) is 0 Å². The molecular formula is C76H54N12. The van der Waals surface area contributed by atoms with Crippen molar-refractivity contribution in [3.63, 3.8) is 0 Å². The van der Waals surface area contributed by atoms with Crippen LogP contribution in [0.4, 0.5) is 68.2 Å². The molecule has 0 unspecified atom stereocenters. The molecule has 0 fully saturated rings. The van der Waals surface area contributed by atoms with Gasteiger partial charge in [0.15, 0.2) is 0 Å². The first-order valence-corrected chi connectivity index (χ1v) is 29.3. The SMILES string of the molecule is Cc1c(N(c2ccccc2)c2cc(N(c3ccccc3)c3ccc4cncnc4c3C)c3ccc4c(N(c5ccccc5)c5ccc6cncnc6c5C)cc(N(c5ccccc5)c5ccc6cncnc6c5C)c5ccc2c3c54)ccc2cncnc12. The van der Waals surface area contributed by atoms with Crippen molar-refractivity contribution in [1.82, 2.24) is 39.9 Å². The Bertz CT molecular complexity index is 4700. The number of hydrogen-bond acceptors (Lipinski definition) is 12. The first-order chi connectivity index (χ1) is 43.4. The molecule has 0 saturated carbocycles. The largest absolute Gasteiger partial charge is 0.309 e. The van der Waals surface area contributed by atoms with E-state index in [-0.39, 0.29) is 0 Å². The van der Waals surface area contributed by atoms with Gasteiger partial charge in [-0.15, -0.1) is 0 Å². The summed E-state index contributed by atoms with van der Waals surface area (Å²) in [5.74, 6) is 0. The van der Waals surface area contributed by atoms with Crippen LogP contribution in [0.15, 0.2) is 256 Å². The highest BCUT2D eigenvalue weighted by molar-refractivity contribution is 6.33. The van der Waals surface area contributed by atoms with Crippen molar-refractivity contribution in [2.75, 3.05) is 19.6 Å². The first-order valence-electron chi connectivity index (χ1n) is 29.3. The molecule has 0 spiro atoms. The van der Waals surface area contributed by atoms with Crippen LogP contribution in [-0.4, -0.2) is 39.9 Å². The minimum atomic E-state index is 0.883. The highest BCUT2D eigenvalue weighted by atomic mass is 15.2. The molecule has 88 heavy (non-hydrogen) atoms. The molecule has 0 aliphatic heterocycles. The minimum absolute atomic E-state index is 0.883. The summed E-state index contributed by atoms with van der Waals surface area (Å²) in [4.78, 5) is 47.1. The van der Waals surface area contributed by atoms with Gasteiger partial charge in [0, 0.05) is 101 Å². The van der Waals surface area contributed by atoms with Crippen molar-refractivity contribution in [3.05, 3.63) is 279 Å². The normalized spacial score (nSPS) is 11.6. The van der Waals surface area contributed by atoms with E-state index in [0.717, 1.165) is 166 Å². The molecule has 0 bridgehead atoms. The van der Waals surface area contributed by atoms with Gasteiger partial charge in [0.25, 0.3) is 0 Å². The summed E-state index contributed by atoms with van der Waals surface area (Å²) in [6.07, 6.45) is 14.1. The monoisotopic (exact) mass is 1130 g/mol. The van der Waals surface area contributed by atoms with Gasteiger partial charge in [-0.3, -0.25) is 0 Å². The quantitative estimate of drug-likeness (QED) is 0.108. The topological polar surface area (TPSA) is 116 Å². The second kappa shape index (κ2) is 21.1. The number of aryl methyl sites for hydroxylation is 4. The molecule has 0 amide bonds. The summed E-state index contributed by atoms with van der Waals surface area (Å²) < 4.78 is 0. The van der Waals surface area contributed by atoms with E-state index < -0.39 is 0 Å². The van der Waals surface area contributed by atoms with Crippen LogP contribution in [0.1, 0.15) is 22.3 Å². The molecule has 418 valence electrons. The van der Waals surface area contributed by atoms with Gasteiger partial charge in [-0.05, 0) is 159 Å². The van der Waals surface area contributed by atoms with E-state index in [0.29, 0.717) is 0 Å². The fourth-order valence-corrected chi connectivity index (χ4v) is 13.3. The van der Waals surface area contributed by atoms with Crippen LogP contribution in [0, 0.1) is 27.7 Å². The summed E-state index contributed by atoms with van der Waals surface area (Å²) in [7, 11) is 0. The lowest BCUT2D eigenvalue weighted by Crippen LogP contribution is -2.17. The predicted molar refractivity (Wildman–Crippen MR) is 360 cm³/mol. The molecular weight excluding hydrogens is 1080 g/mol. The van der Waals surface area contributed by atoms with E-state index in [2.05, 4.69) is 273 Å². The Hall–Kier alpha value is -11.8. The second-order valence-electron chi connectivity index (χ2n) is 22.3. The standard InChI is InChI=1S/C76H54N12/c1-47-63(33-25-51-39-77-43-81-73(47)51)85(55-17-9-5-10-18-55)67-37-68(86(56-19-11-6-12-20-56)64-34-26-52-40-78-44-82-74(52)48(64)2)60-31-32-62-70(88(58-23-15-8-16-24-58)66-36-28-54-42-80-46-84-76(54)50(66)4)38-69(61-30-29-59(67)71(60)72(61)62)87(57-21-13-7-14-22-57)65-35-27-53-41-79-45-83-75(53)49(65)3/h5-46H,1-4H3. The van der Waals surface area contributed by atoms with Gasteiger partial charge in [0.05, 0.1) is 67.6 Å². The zero-order chi connectivity index (χ0) is 59.0. The minimum Gasteiger partial charge on any atom is -0.309 e. The van der Waals surface area contributed by atoms with Crippen LogP contribution in [-0.2, 0) is 0 Å². The number of anilines is 12. The van der Waals surface area contributed by atoms with Crippen molar-refractivity contribution < 1.29 is 0 Å². The van der Waals surface area contributed by atoms with Gasteiger partial charge in [-0.25, -0.2) is 39.9 Å². The Kier molecular flexibility index (Phi) is 12.4. The molecule has 0 atom stereocenters. The molecule has 12 nitrogen and oxygen atoms in total. The zero-order valence-corrected chi connectivity index (χ0v) is 48.6. The summed E-state index contributed by atoms with van der Waals surface area (Å²) in [5.41, 5.74) is 19.4. The lowest BCUT2D eigenvalue weighted by molar-refractivity contribution is 1.19. The molecule has 12 aromatic carbocycles. The zero-order valence-electron chi connectivity index (χ0n) is 48.6. The number of hydrogen-bond donors (Lipinski definition) is 0. The van der Waals surface area contributed by atoms with Gasteiger partial charge in [0.2, 0.25) is 0 Å². The third-order valence-corrected chi connectivity index (χ3v) is 17.4. The van der Waals surface area contributed by atoms with Gasteiger partial charge >= 0.3 is 0 Å². The van der Waals surface area contributed by atoms with Gasteiger partial charge in [0.1, 0.15) is 25.3 Å². The van der Waals surface area contributed by atoms with E-state index in [4.69, 9.17) is 19.9 Å². The smallest absolute Gasteiger partial charge is 0.116 e. The van der Waals surface area contributed by atoms with E-state index >= 15 is 0 Å². The number of para-hydroxylation sites is 4. The van der Waals surface area contributed by atoms with Crippen LogP contribution >= 0.6 is 0 Å². The Morgan fingerprint density at radius 2 is 0.466 bits per heavy atom. The van der Waals surface area contributed by atoms with Crippen molar-refractivity contribution in [2.24, 2.45) is 0 Å². The van der Waals surface area contributed by atoms with Crippen molar-refractivity contribution in [3.8, 4) is 0 Å². The lowest BCUT2D eigenvalue weighted by atomic mass is 9.88. The number of nitrogens with zero attached hydrogens (tertiary/aromatic N) is 12. The Balaban J connectivity index is 1.11. The molecule has 16 rings (SSSR count). The third kappa shape index (κ3) is 8.36. The predicted octanol–water partition coefficient (Wildman–Crippen LogP) is 19.5. The maximum absolute atomic E-state index is 4.92. The summed E-state index contributed by atoms with van der Waals surface area (Å²) in [6.45, 7) is 8.68. The second-order valence-corrected chi connectivity index (χ2v) is 22.3. The van der Waals surface area contributed by atoms with Crippen LogP contribution in [0.3, 0.4) is 0 Å². The van der Waals surface area contributed by atoms with Gasteiger partial charge < -0.3 is 19.6 Å². The molecule has 16 aromatic rings. The van der Waals surface area contributed by atoms with E-state index in [1.807, 2.05) is 24.8 Å². The number of benzene rings is 12. The average molecular weight is 1140 g/mol. The third-order valence-electron chi connectivity index (χ3n) is 17.4. The molecule has 0 aliphatic carbocycles. The van der Waals surface area contributed by atoms with E-state index in [1.54, 1.807) is 25.3 Å². The molecule has 4 heterocycles. The highest BCUT2D eigenvalue weighted by Gasteiger charge is 2.31. The number of fused-ring (bicyclic) bond motifs is 4. The van der Waals surface area contributed by atoms with Crippen molar-refractivity contribution in [1.29, 1.82) is 0 Å². The lowest BCUT2D eigenvalue weighted by Gasteiger charge is -2.35. The van der Waals surface area contributed by atoms with Crippen LogP contribution in [0.25, 0.3) is 75.9 Å². The fourth-order valence-electron chi connectivity index (χ4n) is 13.3. The summed E-state index contributed by atoms with van der Waals surface area (Å²) >= 11 is 0. The Labute approximate surface area is 507 Å². The van der Waals surface area contributed by atoms with Crippen molar-refractivity contribution >= 4 is 144 Å². The van der Waals surface area contributed by atoms with Crippen LogP contribution in [0.5, 0.6) is 0 Å². The summed E-state index contributed by atoms with van der Waals surface area (Å²) in [6, 6.07) is 74.4. The average Bonchev–Trinajstić information content (AvgIpc) is 0.745. The van der Waals surface area contributed by atoms with E-state index in [1.165, 1.54) is 0 Å². The summed E-state index contributed by atoms with van der Waals surface area (Å²) in [5, 5.41) is 10.2. The Morgan fingerprint density at radius 3 is 0.693 bits per heavy atom. The maximum atomic E-state index is 4.92. The molecule has 12 heteroatoms. The Morgan fingerprint density at radius 1 is 0.239 bits per heavy atom. The molecule has 0 aliphatic rings. The molecule has 0 saturated heterocycles. The van der Waals surface area contributed by atoms with Crippen molar-refractivity contribution in [2.45, 2.75) is 27.7 Å². The first kappa shape index (κ1) is 51.8. The highest BCUT2D eigenvalue weighted by Crippen LogP contribution is 2.56. The number of rotatable bonds is 12.